The summed E-state index contributed by atoms with van der Waals surface area (Å²) in [7, 11) is 0. The van der Waals surface area contributed by atoms with E-state index in [1.807, 2.05) is 0 Å². The summed E-state index contributed by atoms with van der Waals surface area (Å²) in [5.41, 5.74) is 6.36. The lowest BCUT2D eigenvalue weighted by Crippen LogP contribution is -2.43. The van der Waals surface area contributed by atoms with Gasteiger partial charge in [0.2, 0.25) is 0 Å². The van der Waals surface area contributed by atoms with Gasteiger partial charge in [0, 0.05) is 12.5 Å². The molecule has 0 amide bonds. The highest BCUT2D eigenvalue weighted by atomic mass is 19.3. The Morgan fingerprint density at radius 2 is 1.76 bits per heavy atom. The third kappa shape index (κ3) is 2.14. The molecular formula is C13H15F2NO. The van der Waals surface area contributed by atoms with E-state index in [1.54, 1.807) is 24.3 Å². The summed E-state index contributed by atoms with van der Waals surface area (Å²) in [4.78, 5) is 0. The molecule has 1 aromatic carbocycles. The van der Waals surface area contributed by atoms with Crippen LogP contribution in [0.2, 0.25) is 0 Å². The molecule has 2 saturated carbocycles. The number of halogens is 2. The van der Waals surface area contributed by atoms with Gasteiger partial charge in [0.15, 0.2) is 0 Å². The second-order valence-electron chi connectivity index (χ2n) is 5.06. The first-order valence-corrected chi connectivity index (χ1v) is 5.94. The van der Waals surface area contributed by atoms with Gasteiger partial charge in [-0.05, 0) is 30.5 Å². The Balaban J connectivity index is 1.61. The Labute approximate surface area is 98.8 Å². The van der Waals surface area contributed by atoms with E-state index in [2.05, 4.69) is 0 Å². The van der Waals surface area contributed by atoms with Crippen LogP contribution in [0, 0.1) is 0 Å². The van der Waals surface area contributed by atoms with Crippen LogP contribution in [-0.4, -0.2) is 18.1 Å². The molecule has 2 aliphatic rings. The summed E-state index contributed by atoms with van der Waals surface area (Å²) in [5, 5.41) is 0. The van der Waals surface area contributed by atoms with E-state index < -0.39 is 11.8 Å². The lowest BCUT2D eigenvalue weighted by Gasteiger charge is -2.32. The standard InChI is InChI=1S/C13H15F2NO/c14-13(15)7-12(13)8-1-3-10(4-2-8)17-11-5-9(16)6-11/h1-4,9,11-12H,5-7,16H2/t9-,11-,12?. The minimum absolute atomic E-state index is 0.0231. The van der Waals surface area contributed by atoms with Gasteiger partial charge in [0.25, 0.3) is 5.92 Å². The zero-order valence-electron chi connectivity index (χ0n) is 9.40. The zero-order valence-corrected chi connectivity index (χ0v) is 9.40. The summed E-state index contributed by atoms with van der Waals surface area (Å²) in [6, 6.07) is 7.27. The highest BCUT2D eigenvalue weighted by Crippen LogP contribution is 2.55. The van der Waals surface area contributed by atoms with Crippen molar-refractivity contribution >= 4 is 0 Å². The Hall–Kier alpha value is -1.16. The van der Waals surface area contributed by atoms with Gasteiger partial charge in [-0.25, -0.2) is 8.78 Å². The maximum absolute atomic E-state index is 12.9. The van der Waals surface area contributed by atoms with Gasteiger partial charge < -0.3 is 10.5 Å². The highest BCUT2D eigenvalue weighted by Gasteiger charge is 2.57. The molecule has 2 N–H and O–H groups in total. The summed E-state index contributed by atoms with van der Waals surface area (Å²) in [6.07, 6.45) is 1.92. The molecule has 0 saturated heterocycles. The van der Waals surface area contributed by atoms with Crippen LogP contribution in [0.1, 0.15) is 30.7 Å². The molecule has 92 valence electrons. The second-order valence-corrected chi connectivity index (χ2v) is 5.06. The zero-order chi connectivity index (χ0) is 12.0. The van der Waals surface area contributed by atoms with Crippen LogP contribution in [0.15, 0.2) is 24.3 Å². The number of hydrogen-bond donors (Lipinski definition) is 1. The number of alkyl halides is 2. The van der Waals surface area contributed by atoms with Gasteiger partial charge in [-0.2, -0.15) is 0 Å². The molecule has 2 fully saturated rings. The second kappa shape index (κ2) is 3.67. The maximum atomic E-state index is 12.9. The van der Waals surface area contributed by atoms with Crippen LogP contribution in [-0.2, 0) is 0 Å². The average molecular weight is 239 g/mol. The fourth-order valence-electron chi connectivity index (χ4n) is 2.25. The van der Waals surface area contributed by atoms with Gasteiger partial charge in [-0.3, -0.25) is 0 Å². The molecule has 3 rings (SSSR count). The van der Waals surface area contributed by atoms with Gasteiger partial charge in [0.1, 0.15) is 11.9 Å². The van der Waals surface area contributed by atoms with Crippen LogP contribution in [0.3, 0.4) is 0 Å². The molecule has 2 aliphatic carbocycles. The number of hydrogen-bond acceptors (Lipinski definition) is 2. The Kier molecular flexibility index (Phi) is 2.36. The molecule has 1 unspecified atom stereocenters. The van der Waals surface area contributed by atoms with Crippen molar-refractivity contribution < 1.29 is 13.5 Å². The van der Waals surface area contributed by atoms with E-state index in [4.69, 9.17) is 10.5 Å². The van der Waals surface area contributed by atoms with Crippen molar-refractivity contribution in [1.82, 2.24) is 0 Å². The van der Waals surface area contributed by atoms with E-state index in [-0.39, 0.29) is 18.6 Å². The molecule has 2 nitrogen and oxygen atoms in total. The van der Waals surface area contributed by atoms with Gasteiger partial charge in [-0.15, -0.1) is 0 Å². The largest absolute Gasteiger partial charge is 0.490 e. The Morgan fingerprint density at radius 3 is 2.24 bits per heavy atom. The summed E-state index contributed by atoms with van der Waals surface area (Å²) in [5.74, 6) is -2.34. The fraction of sp³-hybridized carbons (Fsp3) is 0.538. The van der Waals surface area contributed by atoms with Crippen LogP contribution >= 0.6 is 0 Å². The number of nitrogens with two attached hydrogens (primary N) is 1. The van der Waals surface area contributed by atoms with Crippen molar-refractivity contribution in [3.63, 3.8) is 0 Å². The molecule has 0 bridgehead atoms. The quantitative estimate of drug-likeness (QED) is 0.880. The first-order chi connectivity index (χ1) is 8.04. The minimum atomic E-state index is -2.50. The van der Waals surface area contributed by atoms with Crippen LogP contribution < -0.4 is 10.5 Å². The first-order valence-electron chi connectivity index (χ1n) is 5.94. The fourth-order valence-corrected chi connectivity index (χ4v) is 2.25. The summed E-state index contributed by atoms with van der Waals surface area (Å²) >= 11 is 0. The Bertz CT molecular complexity index is 412. The number of rotatable bonds is 3. The van der Waals surface area contributed by atoms with Crippen molar-refractivity contribution in [1.29, 1.82) is 0 Å². The maximum Gasteiger partial charge on any atom is 0.255 e. The minimum Gasteiger partial charge on any atom is -0.490 e. The molecule has 1 atom stereocenters. The van der Waals surface area contributed by atoms with Crippen LogP contribution in [0.5, 0.6) is 5.75 Å². The lowest BCUT2D eigenvalue weighted by molar-refractivity contribution is 0.101. The van der Waals surface area contributed by atoms with Crippen LogP contribution in [0.25, 0.3) is 0 Å². The third-order valence-corrected chi connectivity index (χ3v) is 3.54. The van der Waals surface area contributed by atoms with E-state index in [1.165, 1.54) is 0 Å². The normalized spacial score (nSPS) is 33.9. The van der Waals surface area contributed by atoms with Crippen LogP contribution in [0.4, 0.5) is 8.78 Å². The van der Waals surface area contributed by atoms with E-state index in [0.29, 0.717) is 5.56 Å². The first kappa shape index (κ1) is 11.0. The highest BCUT2D eigenvalue weighted by molar-refractivity contribution is 5.34. The lowest BCUT2D eigenvalue weighted by atomic mass is 9.90. The van der Waals surface area contributed by atoms with Crippen molar-refractivity contribution in [2.75, 3.05) is 0 Å². The summed E-state index contributed by atoms with van der Waals surface area (Å²) < 4.78 is 31.4. The molecule has 4 heteroatoms. The molecule has 0 spiro atoms. The van der Waals surface area contributed by atoms with Gasteiger partial charge in [0.05, 0.1) is 5.92 Å². The van der Waals surface area contributed by atoms with E-state index in [9.17, 15) is 8.78 Å². The van der Waals surface area contributed by atoms with Gasteiger partial charge in [-0.1, -0.05) is 12.1 Å². The van der Waals surface area contributed by atoms with Crippen molar-refractivity contribution in [2.24, 2.45) is 5.73 Å². The van der Waals surface area contributed by atoms with Crippen molar-refractivity contribution in [2.45, 2.75) is 43.2 Å². The molecule has 0 aliphatic heterocycles. The summed E-state index contributed by atoms with van der Waals surface area (Å²) in [6.45, 7) is 0. The van der Waals surface area contributed by atoms with Crippen molar-refractivity contribution in [3.8, 4) is 5.75 Å². The molecule has 1 aromatic rings. The van der Waals surface area contributed by atoms with Crippen molar-refractivity contribution in [3.05, 3.63) is 29.8 Å². The molecule has 0 radical (unpaired) electrons. The molecular weight excluding hydrogens is 224 g/mol. The monoisotopic (exact) mass is 239 g/mol. The predicted molar refractivity (Wildman–Crippen MR) is 60.4 cm³/mol. The SMILES string of the molecule is N[C@H]1C[C@H](Oc2ccc(C3CC3(F)F)cc2)C1. The Morgan fingerprint density at radius 1 is 1.18 bits per heavy atom. The molecule has 0 heterocycles. The van der Waals surface area contributed by atoms with E-state index in [0.717, 1.165) is 18.6 Å². The molecule has 0 aromatic heterocycles. The molecule has 17 heavy (non-hydrogen) atoms. The van der Waals surface area contributed by atoms with Gasteiger partial charge >= 0.3 is 0 Å². The topological polar surface area (TPSA) is 35.2 Å². The number of benzene rings is 1. The predicted octanol–water partition coefficient (Wildman–Crippen LogP) is 2.68. The average Bonchev–Trinajstić information content (AvgIpc) is 2.87. The number of ether oxygens (including phenoxy) is 1. The third-order valence-electron chi connectivity index (χ3n) is 3.54. The van der Waals surface area contributed by atoms with E-state index >= 15 is 0 Å². The smallest absolute Gasteiger partial charge is 0.255 e.